The largest absolute Gasteiger partial charge is 0.481 e. The zero-order valence-electron chi connectivity index (χ0n) is 14.9. The van der Waals surface area contributed by atoms with Crippen LogP contribution in [-0.2, 0) is 14.8 Å². The zero-order chi connectivity index (χ0) is 19.2. The van der Waals surface area contributed by atoms with Crippen molar-refractivity contribution in [2.75, 3.05) is 6.54 Å². The summed E-state index contributed by atoms with van der Waals surface area (Å²) >= 11 is 0. The number of sulfonamides is 1. The molecule has 1 rings (SSSR count). The van der Waals surface area contributed by atoms with Crippen molar-refractivity contribution in [1.29, 1.82) is 0 Å². The summed E-state index contributed by atoms with van der Waals surface area (Å²) in [5, 5.41) is 11.8. The minimum Gasteiger partial charge on any atom is -0.481 e. The van der Waals surface area contributed by atoms with Crippen LogP contribution in [0.15, 0.2) is 29.2 Å². The molecule has 8 heteroatoms. The van der Waals surface area contributed by atoms with Crippen LogP contribution >= 0.6 is 0 Å². The molecular formula is C17H26N2O5S. The Labute approximate surface area is 148 Å². The van der Waals surface area contributed by atoms with Gasteiger partial charge < -0.3 is 10.4 Å². The number of hydrogen-bond acceptors (Lipinski definition) is 4. The van der Waals surface area contributed by atoms with Gasteiger partial charge in [-0.1, -0.05) is 19.9 Å². The molecule has 0 aliphatic rings. The summed E-state index contributed by atoms with van der Waals surface area (Å²) in [4.78, 5) is 23.5. The lowest BCUT2D eigenvalue weighted by Crippen LogP contribution is -2.34. The van der Waals surface area contributed by atoms with Gasteiger partial charge in [-0.3, -0.25) is 9.59 Å². The summed E-state index contributed by atoms with van der Waals surface area (Å²) in [7, 11) is -3.70. The van der Waals surface area contributed by atoms with Gasteiger partial charge in [0.1, 0.15) is 0 Å². The first-order valence-corrected chi connectivity index (χ1v) is 9.64. The highest BCUT2D eigenvalue weighted by molar-refractivity contribution is 7.89. The molecule has 0 aromatic heterocycles. The van der Waals surface area contributed by atoms with Crippen molar-refractivity contribution < 1.29 is 23.1 Å². The summed E-state index contributed by atoms with van der Waals surface area (Å²) in [6.45, 7) is 7.22. The van der Waals surface area contributed by atoms with Crippen molar-refractivity contribution in [3.05, 3.63) is 29.8 Å². The first kappa shape index (κ1) is 21.1. The monoisotopic (exact) mass is 370 g/mol. The molecule has 140 valence electrons. The number of hydrogen-bond donors (Lipinski definition) is 3. The number of aliphatic carboxylic acids is 1. The van der Waals surface area contributed by atoms with Gasteiger partial charge in [-0.05, 0) is 44.4 Å². The Morgan fingerprint density at radius 3 is 2.32 bits per heavy atom. The normalized spacial score (nSPS) is 13.0. The maximum atomic E-state index is 12.2. The topological polar surface area (TPSA) is 113 Å². The van der Waals surface area contributed by atoms with Crippen molar-refractivity contribution in [2.45, 2.75) is 45.1 Å². The second-order valence-electron chi connectivity index (χ2n) is 6.68. The molecular weight excluding hydrogens is 344 g/mol. The van der Waals surface area contributed by atoms with Gasteiger partial charge in [-0.2, -0.15) is 0 Å². The van der Waals surface area contributed by atoms with Crippen molar-refractivity contribution in [3.63, 3.8) is 0 Å². The third-order valence-electron chi connectivity index (χ3n) is 3.41. The smallest absolute Gasteiger partial charge is 0.308 e. The van der Waals surface area contributed by atoms with Crippen LogP contribution in [0.2, 0.25) is 0 Å². The van der Waals surface area contributed by atoms with Gasteiger partial charge >= 0.3 is 5.97 Å². The molecule has 0 spiro atoms. The number of nitrogens with one attached hydrogen (secondary N) is 2. The number of carbonyl (C=O) groups excluding carboxylic acids is 1. The summed E-state index contributed by atoms with van der Waals surface area (Å²) in [6, 6.07) is 5.38. The number of benzene rings is 1. The van der Waals surface area contributed by atoms with E-state index in [1.165, 1.54) is 24.3 Å². The van der Waals surface area contributed by atoms with Gasteiger partial charge in [0.25, 0.3) is 5.91 Å². The van der Waals surface area contributed by atoms with E-state index in [0.717, 1.165) is 0 Å². The van der Waals surface area contributed by atoms with Crippen LogP contribution in [-0.4, -0.2) is 38.0 Å². The number of carbonyl (C=O) groups is 2. The quantitative estimate of drug-likeness (QED) is 0.614. The van der Waals surface area contributed by atoms with Crippen LogP contribution in [0.4, 0.5) is 0 Å². The third kappa shape index (κ3) is 6.83. The van der Waals surface area contributed by atoms with E-state index in [1.54, 1.807) is 13.8 Å². The molecule has 0 fully saturated rings. The Morgan fingerprint density at radius 2 is 1.80 bits per heavy atom. The highest BCUT2D eigenvalue weighted by Crippen LogP contribution is 2.14. The van der Waals surface area contributed by atoms with Crippen molar-refractivity contribution in [2.24, 2.45) is 11.8 Å². The minimum atomic E-state index is -3.70. The summed E-state index contributed by atoms with van der Waals surface area (Å²) < 4.78 is 26.8. The van der Waals surface area contributed by atoms with Crippen molar-refractivity contribution >= 4 is 21.9 Å². The average molecular weight is 370 g/mol. The minimum absolute atomic E-state index is 0.00638. The molecule has 0 saturated carbocycles. The summed E-state index contributed by atoms with van der Waals surface area (Å²) in [5.41, 5.74) is 0.167. The SMILES string of the molecule is CC(C)CC(CNC(=O)c1cccc(S(=O)(=O)NC(C)C)c1)C(=O)O. The molecule has 1 atom stereocenters. The molecule has 0 radical (unpaired) electrons. The van der Waals surface area contributed by atoms with Gasteiger partial charge in [-0.25, -0.2) is 13.1 Å². The van der Waals surface area contributed by atoms with E-state index >= 15 is 0 Å². The van der Waals surface area contributed by atoms with Crippen molar-refractivity contribution in [1.82, 2.24) is 10.0 Å². The molecule has 1 aromatic carbocycles. The van der Waals surface area contributed by atoms with E-state index in [9.17, 15) is 23.1 Å². The summed E-state index contributed by atoms with van der Waals surface area (Å²) in [6.07, 6.45) is 0.447. The predicted molar refractivity (Wildman–Crippen MR) is 94.8 cm³/mol. The third-order valence-corrected chi connectivity index (χ3v) is 5.07. The average Bonchev–Trinajstić information content (AvgIpc) is 2.49. The highest BCUT2D eigenvalue weighted by atomic mass is 32.2. The van der Waals surface area contributed by atoms with Crippen LogP contribution in [0.5, 0.6) is 0 Å². The second kappa shape index (κ2) is 8.96. The first-order chi connectivity index (χ1) is 11.5. The van der Waals surface area contributed by atoms with E-state index in [0.29, 0.717) is 6.42 Å². The molecule has 25 heavy (non-hydrogen) atoms. The van der Waals surface area contributed by atoms with Gasteiger partial charge in [0.15, 0.2) is 0 Å². The fourth-order valence-corrected chi connectivity index (χ4v) is 3.64. The van der Waals surface area contributed by atoms with Crippen LogP contribution in [0, 0.1) is 11.8 Å². The molecule has 0 bridgehead atoms. The van der Waals surface area contributed by atoms with E-state index in [-0.39, 0.29) is 29.0 Å². The van der Waals surface area contributed by atoms with Crippen LogP contribution in [0.25, 0.3) is 0 Å². The molecule has 0 saturated heterocycles. The molecule has 1 amide bonds. The first-order valence-electron chi connectivity index (χ1n) is 8.16. The summed E-state index contributed by atoms with van der Waals surface area (Å²) in [5.74, 6) is -1.96. The lowest BCUT2D eigenvalue weighted by Gasteiger charge is -2.15. The van der Waals surface area contributed by atoms with Crippen LogP contribution in [0.3, 0.4) is 0 Å². The Hall–Kier alpha value is -1.93. The van der Waals surface area contributed by atoms with E-state index in [1.807, 2.05) is 13.8 Å². The Bertz CT molecular complexity index is 714. The molecule has 0 aliphatic heterocycles. The second-order valence-corrected chi connectivity index (χ2v) is 8.39. The molecule has 0 aliphatic carbocycles. The Balaban J connectivity index is 2.86. The molecule has 1 unspecified atom stereocenters. The van der Waals surface area contributed by atoms with Crippen LogP contribution < -0.4 is 10.0 Å². The molecule has 7 nitrogen and oxygen atoms in total. The van der Waals surface area contributed by atoms with Gasteiger partial charge in [0.05, 0.1) is 10.8 Å². The molecule has 3 N–H and O–H groups in total. The fraction of sp³-hybridized carbons (Fsp3) is 0.529. The lowest BCUT2D eigenvalue weighted by atomic mass is 9.97. The van der Waals surface area contributed by atoms with Crippen LogP contribution in [0.1, 0.15) is 44.5 Å². The Kier molecular flexibility index (Phi) is 7.57. The zero-order valence-corrected chi connectivity index (χ0v) is 15.8. The maximum Gasteiger partial charge on any atom is 0.308 e. The predicted octanol–water partition coefficient (Wildman–Crippen LogP) is 1.85. The Morgan fingerprint density at radius 1 is 1.16 bits per heavy atom. The number of amides is 1. The molecule has 0 heterocycles. The van der Waals surface area contributed by atoms with E-state index in [2.05, 4.69) is 10.0 Å². The number of carboxylic acid groups (broad SMARTS) is 1. The standard InChI is InChI=1S/C17H26N2O5S/c1-11(2)8-14(17(21)22)10-18-16(20)13-6-5-7-15(9-13)25(23,24)19-12(3)4/h5-7,9,11-12,14,19H,8,10H2,1-4H3,(H,18,20)(H,21,22). The number of carboxylic acids is 1. The van der Waals surface area contributed by atoms with Gasteiger partial charge in [-0.15, -0.1) is 0 Å². The highest BCUT2D eigenvalue weighted by Gasteiger charge is 2.21. The van der Waals surface area contributed by atoms with E-state index in [4.69, 9.17) is 0 Å². The number of rotatable bonds is 9. The van der Waals surface area contributed by atoms with Gasteiger partial charge in [0, 0.05) is 18.2 Å². The lowest BCUT2D eigenvalue weighted by molar-refractivity contribution is -0.142. The van der Waals surface area contributed by atoms with Crippen molar-refractivity contribution in [3.8, 4) is 0 Å². The fourth-order valence-electron chi connectivity index (χ4n) is 2.34. The molecule has 1 aromatic rings. The van der Waals surface area contributed by atoms with E-state index < -0.39 is 27.8 Å². The van der Waals surface area contributed by atoms with Gasteiger partial charge in [0.2, 0.25) is 10.0 Å². The maximum absolute atomic E-state index is 12.2.